The molecule has 2 rings (SSSR count). The number of hydrogen-bond acceptors (Lipinski definition) is 5. The summed E-state index contributed by atoms with van der Waals surface area (Å²) in [6.07, 6.45) is 0.390. The zero-order chi connectivity index (χ0) is 17.2. The first-order chi connectivity index (χ1) is 10.7. The molecule has 1 aromatic rings. The Morgan fingerprint density at radius 2 is 2.04 bits per heavy atom. The van der Waals surface area contributed by atoms with Gasteiger partial charge in [0.15, 0.2) is 16.4 Å². The van der Waals surface area contributed by atoms with Crippen LogP contribution >= 0.6 is 23.2 Å². The van der Waals surface area contributed by atoms with Crippen LogP contribution in [0.1, 0.15) is 16.8 Å². The summed E-state index contributed by atoms with van der Waals surface area (Å²) in [6, 6.07) is 3.91. The Hall–Kier alpha value is -1.31. The predicted octanol–water partition coefficient (Wildman–Crippen LogP) is 1.80. The number of nitrogens with zero attached hydrogens (tertiary/aromatic N) is 1. The number of sulfone groups is 1. The van der Waals surface area contributed by atoms with E-state index in [1.807, 2.05) is 0 Å². The molecule has 1 atom stereocenters. The molecule has 0 aliphatic carbocycles. The van der Waals surface area contributed by atoms with Gasteiger partial charge in [0.05, 0.1) is 22.1 Å². The molecule has 1 aromatic carbocycles. The Kier molecular flexibility index (Phi) is 5.54. The second-order valence-corrected chi connectivity index (χ2v) is 8.33. The van der Waals surface area contributed by atoms with Gasteiger partial charge in [0, 0.05) is 18.1 Å². The van der Waals surface area contributed by atoms with Gasteiger partial charge in [0.25, 0.3) is 5.91 Å². The summed E-state index contributed by atoms with van der Waals surface area (Å²) >= 11 is 11.6. The molecule has 0 bridgehead atoms. The molecule has 1 fully saturated rings. The third-order valence-electron chi connectivity index (χ3n) is 3.63. The van der Waals surface area contributed by atoms with Gasteiger partial charge in [-0.3, -0.25) is 4.79 Å². The summed E-state index contributed by atoms with van der Waals surface area (Å²) in [5, 5.41) is 0.509. The maximum atomic E-state index is 12.0. The number of esters is 1. The summed E-state index contributed by atoms with van der Waals surface area (Å²) in [5.74, 6) is -1.21. The highest BCUT2D eigenvalue weighted by atomic mass is 35.5. The van der Waals surface area contributed by atoms with Gasteiger partial charge in [-0.1, -0.05) is 23.2 Å². The molecule has 0 saturated carbocycles. The molecule has 0 spiro atoms. The Balaban J connectivity index is 1.92. The summed E-state index contributed by atoms with van der Waals surface area (Å²) in [7, 11) is -1.59. The van der Waals surface area contributed by atoms with Crippen molar-refractivity contribution in [2.24, 2.45) is 0 Å². The first-order valence-electron chi connectivity index (χ1n) is 6.78. The van der Waals surface area contributed by atoms with Crippen molar-refractivity contribution in [2.75, 3.05) is 25.2 Å². The summed E-state index contributed by atoms with van der Waals surface area (Å²) in [5.41, 5.74) is 0.106. The number of halogens is 2. The fraction of sp³-hybridized carbons (Fsp3) is 0.429. The summed E-state index contributed by atoms with van der Waals surface area (Å²) in [4.78, 5) is 25.2. The van der Waals surface area contributed by atoms with Crippen LogP contribution in [0.4, 0.5) is 0 Å². The molecule has 0 unspecified atom stereocenters. The molecular formula is C14H15Cl2NO5S. The Bertz CT molecular complexity index is 735. The van der Waals surface area contributed by atoms with E-state index in [0.29, 0.717) is 11.4 Å². The number of hydrogen-bond donors (Lipinski definition) is 0. The minimum atomic E-state index is -3.09. The van der Waals surface area contributed by atoms with Crippen molar-refractivity contribution < 1.29 is 22.7 Å². The maximum Gasteiger partial charge on any atom is 0.340 e. The highest BCUT2D eigenvalue weighted by molar-refractivity contribution is 7.91. The molecule has 9 heteroatoms. The molecule has 6 nitrogen and oxygen atoms in total. The molecule has 1 aliphatic rings. The minimum Gasteiger partial charge on any atom is -0.452 e. The van der Waals surface area contributed by atoms with Crippen LogP contribution in [0.3, 0.4) is 0 Å². The third kappa shape index (κ3) is 4.59. The van der Waals surface area contributed by atoms with Gasteiger partial charge in [0.2, 0.25) is 0 Å². The van der Waals surface area contributed by atoms with Crippen LogP contribution in [0, 0.1) is 0 Å². The number of carbonyl (C=O) groups is 2. The zero-order valence-electron chi connectivity index (χ0n) is 12.3. The van der Waals surface area contributed by atoms with Crippen LogP contribution in [0.5, 0.6) is 0 Å². The van der Waals surface area contributed by atoms with Gasteiger partial charge in [-0.2, -0.15) is 0 Å². The molecule has 1 aliphatic heterocycles. The number of benzene rings is 1. The van der Waals surface area contributed by atoms with E-state index in [9.17, 15) is 18.0 Å². The third-order valence-corrected chi connectivity index (χ3v) is 5.93. The van der Waals surface area contributed by atoms with Crippen LogP contribution in [-0.4, -0.2) is 56.4 Å². The van der Waals surface area contributed by atoms with Crippen LogP contribution in [0.15, 0.2) is 18.2 Å². The monoisotopic (exact) mass is 379 g/mol. The van der Waals surface area contributed by atoms with Gasteiger partial charge < -0.3 is 9.64 Å². The van der Waals surface area contributed by atoms with E-state index in [0.717, 1.165) is 0 Å². The number of carbonyl (C=O) groups excluding carboxylic acids is 2. The standard InChI is InChI=1S/C14H15Cl2NO5S/c1-17(10-4-5-23(20,21)8-10)13(18)7-22-14(19)11-3-2-9(15)6-12(11)16/h2-3,6,10H,4-5,7-8H2,1H3/t10-/m0/s1. The van der Waals surface area contributed by atoms with Crippen LogP contribution in [-0.2, 0) is 19.4 Å². The molecule has 23 heavy (non-hydrogen) atoms. The normalized spacial score (nSPS) is 19.3. The predicted molar refractivity (Wildman–Crippen MR) is 86.6 cm³/mol. The van der Waals surface area contributed by atoms with Crippen molar-refractivity contribution in [1.82, 2.24) is 4.90 Å². The molecule has 1 heterocycles. The SMILES string of the molecule is CN(C(=O)COC(=O)c1ccc(Cl)cc1Cl)[C@H]1CCS(=O)(=O)C1. The van der Waals surface area contributed by atoms with E-state index >= 15 is 0 Å². The smallest absolute Gasteiger partial charge is 0.340 e. The van der Waals surface area contributed by atoms with Crippen molar-refractivity contribution in [3.8, 4) is 0 Å². The van der Waals surface area contributed by atoms with E-state index in [1.165, 1.54) is 30.1 Å². The van der Waals surface area contributed by atoms with E-state index < -0.39 is 28.3 Å². The highest BCUT2D eigenvalue weighted by Gasteiger charge is 2.33. The van der Waals surface area contributed by atoms with Crippen LogP contribution in [0.2, 0.25) is 10.0 Å². The lowest BCUT2D eigenvalue weighted by molar-refractivity contribution is -0.134. The number of amides is 1. The molecule has 0 radical (unpaired) electrons. The number of rotatable bonds is 4. The number of ether oxygens (including phenoxy) is 1. The lowest BCUT2D eigenvalue weighted by atomic mass is 10.2. The number of likely N-dealkylation sites (N-methyl/N-ethyl adjacent to an activating group) is 1. The van der Waals surface area contributed by atoms with Gasteiger partial charge in [-0.25, -0.2) is 13.2 Å². The fourth-order valence-corrected chi connectivity index (χ4v) is 4.51. The second kappa shape index (κ2) is 7.07. The van der Waals surface area contributed by atoms with Crippen LogP contribution < -0.4 is 0 Å². The lowest BCUT2D eigenvalue weighted by Gasteiger charge is -2.23. The van der Waals surface area contributed by atoms with E-state index in [-0.39, 0.29) is 28.1 Å². The maximum absolute atomic E-state index is 12.0. The van der Waals surface area contributed by atoms with Crippen molar-refractivity contribution in [1.29, 1.82) is 0 Å². The summed E-state index contributed by atoms with van der Waals surface area (Å²) in [6.45, 7) is -0.481. The average molecular weight is 380 g/mol. The topological polar surface area (TPSA) is 80.8 Å². The van der Waals surface area contributed by atoms with Gasteiger partial charge in [-0.15, -0.1) is 0 Å². The average Bonchev–Trinajstić information content (AvgIpc) is 2.83. The molecular weight excluding hydrogens is 365 g/mol. The van der Waals surface area contributed by atoms with Gasteiger partial charge >= 0.3 is 5.97 Å². The molecule has 1 amide bonds. The molecule has 0 N–H and O–H groups in total. The van der Waals surface area contributed by atoms with Crippen LogP contribution in [0.25, 0.3) is 0 Å². The quantitative estimate of drug-likeness (QED) is 0.744. The van der Waals surface area contributed by atoms with E-state index in [2.05, 4.69) is 0 Å². The van der Waals surface area contributed by atoms with Crippen molar-refractivity contribution in [3.05, 3.63) is 33.8 Å². The Labute approximate surface area is 144 Å². The first kappa shape index (κ1) is 18.0. The first-order valence-corrected chi connectivity index (χ1v) is 9.35. The second-order valence-electron chi connectivity index (χ2n) is 5.26. The molecule has 126 valence electrons. The Morgan fingerprint density at radius 3 is 2.61 bits per heavy atom. The van der Waals surface area contributed by atoms with Crippen molar-refractivity contribution >= 4 is 44.9 Å². The molecule has 0 aromatic heterocycles. The van der Waals surface area contributed by atoms with Crippen molar-refractivity contribution in [3.63, 3.8) is 0 Å². The highest BCUT2D eigenvalue weighted by Crippen LogP contribution is 2.22. The van der Waals surface area contributed by atoms with Gasteiger partial charge in [-0.05, 0) is 24.6 Å². The summed E-state index contributed by atoms with van der Waals surface area (Å²) < 4.78 is 27.8. The fourth-order valence-electron chi connectivity index (χ4n) is 2.25. The molecule has 1 saturated heterocycles. The van der Waals surface area contributed by atoms with Crippen molar-refractivity contribution in [2.45, 2.75) is 12.5 Å². The zero-order valence-corrected chi connectivity index (χ0v) is 14.6. The van der Waals surface area contributed by atoms with E-state index in [4.69, 9.17) is 27.9 Å². The largest absolute Gasteiger partial charge is 0.452 e. The Morgan fingerprint density at radius 1 is 1.35 bits per heavy atom. The lowest BCUT2D eigenvalue weighted by Crippen LogP contribution is -2.40. The van der Waals surface area contributed by atoms with Gasteiger partial charge in [0.1, 0.15) is 0 Å². The van der Waals surface area contributed by atoms with E-state index in [1.54, 1.807) is 0 Å². The minimum absolute atomic E-state index is 0.0633.